The quantitative estimate of drug-likeness (QED) is 0.847. The molecule has 1 N–H and O–H groups in total. The van der Waals surface area contributed by atoms with Crippen LogP contribution in [0, 0.1) is 0 Å². The summed E-state index contributed by atoms with van der Waals surface area (Å²) in [6.07, 6.45) is 1.14. The van der Waals surface area contributed by atoms with Crippen molar-refractivity contribution < 1.29 is 19.1 Å². The molecule has 1 saturated heterocycles. The number of ether oxygens (including phenoxy) is 2. The third-order valence-electron chi connectivity index (χ3n) is 3.42. The van der Waals surface area contributed by atoms with Gasteiger partial charge in [0.15, 0.2) is 0 Å². The molecule has 0 radical (unpaired) electrons. The number of amides is 1. The molecule has 0 bridgehead atoms. The van der Waals surface area contributed by atoms with Crippen LogP contribution in [0.5, 0.6) is 0 Å². The number of esters is 1. The molecule has 0 spiro atoms. The van der Waals surface area contributed by atoms with Gasteiger partial charge in [0, 0.05) is 11.6 Å². The Hall–Kier alpha value is -1.59. The van der Waals surface area contributed by atoms with Gasteiger partial charge in [0.1, 0.15) is 6.10 Å². The molecule has 2 atom stereocenters. The van der Waals surface area contributed by atoms with Crippen LogP contribution in [0.4, 0.5) is 0 Å². The summed E-state index contributed by atoms with van der Waals surface area (Å²) < 4.78 is 10.0. The highest BCUT2D eigenvalue weighted by molar-refractivity contribution is 6.31. The minimum atomic E-state index is -0.525. The van der Waals surface area contributed by atoms with E-state index in [0.29, 0.717) is 23.6 Å². The highest BCUT2D eigenvalue weighted by atomic mass is 35.5. The number of carbonyl (C=O) groups excluding carboxylic acids is 2. The fraction of sp³-hybridized carbons (Fsp3) is 0.467. The number of methoxy groups -OCH3 is 1. The Morgan fingerprint density at radius 3 is 2.86 bits per heavy atom. The van der Waals surface area contributed by atoms with Gasteiger partial charge in [-0.25, -0.2) is 0 Å². The normalized spacial score (nSPS) is 19.0. The maximum Gasteiger partial charge on any atom is 0.307 e. The van der Waals surface area contributed by atoms with Crippen molar-refractivity contribution in [3.8, 4) is 0 Å². The van der Waals surface area contributed by atoms with E-state index in [1.54, 1.807) is 18.2 Å². The van der Waals surface area contributed by atoms with Crippen molar-refractivity contribution in [3.05, 3.63) is 34.9 Å². The van der Waals surface area contributed by atoms with Gasteiger partial charge in [-0.15, -0.1) is 0 Å². The summed E-state index contributed by atoms with van der Waals surface area (Å²) in [5.74, 6) is -0.631. The molecule has 1 aliphatic rings. The standard InChI is InChI=1S/C15H18ClNO4/c1-20-14(18)9-12(10-5-2-3-6-11(10)16)17-15(19)13-7-4-8-21-13/h2-3,5-6,12-13H,4,7-9H2,1H3,(H,17,19)/t12-,13+/m1/s1. The summed E-state index contributed by atoms with van der Waals surface area (Å²) in [6.45, 7) is 0.589. The molecule has 0 unspecified atom stereocenters. The van der Waals surface area contributed by atoms with Crippen molar-refractivity contribution in [1.29, 1.82) is 0 Å². The zero-order valence-corrected chi connectivity index (χ0v) is 12.6. The van der Waals surface area contributed by atoms with E-state index in [4.69, 9.17) is 16.3 Å². The molecular weight excluding hydrogens is 294 g/mol. The van der Waals surface area contributed by atoms with Gasteiger partial charge < -0.3 is 14.8 Å². The number of carbonyl (C=O) groups is 2. The van der Waals surface area contributed by atoms with E-state index in [1.807, 2.05) is 6.07 Å². The van der Waals surface area contributed by atoms with E-state index in [1.165, 1.54) is 7.11 Å². The first-order chi connectivity index (χ1) is 10.1. The van der Waals surface area contributed by atoms with Gasteiger partial charge in [-0.1, -0.05) is 29.8 Å². The SMILES string of the molecule is COC(=O)C[C@@H](NC(=O)[C@@H]1CCCO1)c1ccccc1Cl. The second-order valence-electron chi connectivity index (χ2n) is 4.86. The average molecular weight is 312 g/mol. The molecule has 114 valence electrons. The first-order valence-corrected chi connectivity index (χ1v) is 7.23. The molecule has 21 heavy (non-hydrogen) atoms. The van der Waals surface area contributed by atoms with Crippen LogP contribution in [0.25, 0.3) is 0 Å². The number of benzene rings is 1. The topological polar surface area (TPSA) is 64.6 Å². The van der Waals surface area contributed by atoms with Crippen LogP contribution in [0.3, 0.4) is 0 Å². The predicted octanol–water partition coefficient (Wildman–Crippen LogP) is 2.24. The van der Waals surface area contributed by atoms with E-state index in [2.05, 4.69) is 10.1 Å². The summed E-state index contributed by atoms with van der Waals surface area (Å²) in [4.78, 5) is 23.7. The lowest BCUT2D eigenvalue weighted by Gasteiger charge is -2.21. The third-order valence-corrected chi connectivity index (χ3v) is 3.76. The first-order valence-electron chi connectivity index (χ1n) is 6.85. The minimum Gasteiger partial charge on any atom is -0.469 e. The monoisotopic (exact) mass is 311 g/mol. The Morgan fingerprint density at radius 1 is 1.48 bits per heavy atom. The highest BCUT2D eigenvalue weighted by Gasteiger charge is 2.28. The molecule has 6 heteroatoms. The Balaban J connectivity index is 2.13. The molecule has 5 nitrogen and oxygen atoms in total. The summed E-state index contributed by atoms with van der Waals surface area (Å²) in [5.41, 5.74) is 0.691. The molecule has 0 saturated carbocycles. The van der Waals surface area contributed by atoms with Gasteiger partial charge in [-0.3, -0.25) is 9.59 Å². The molecule has 1 amide bonds. The van der Waals surface area contributed by atoms with E-state index >= 15 is 0 Å². The van der Waals surface area contributed by atoms with Crippen molar-refractivity contribution >= 4 is 23.5 Å². The van der Waals surface area contributed by atoms with Crippen LogP contribution < -0.4 is 5.32 Å². The molecule has 2 rings (SSSR count). The van der Waals surface area contributed by atoms with Crippen LogP contribution in [-0.4, -0.2) is 31.7 Å². The Bertz CT molecular complexity index is 514. The minimum absolute atomic E-state index is 0.0265. The number of halogens is 1. The zero-order chi connectivity index (χ0) is 15.2. The van der Waals surface area contributed by atoms with Gasteiger partial charge in [-0.2, -0.15) is 0 Å². The number of hydrogen-bond acceptors (Lipinski definition) is 4. The molecule has 1 aliphatic heterocycles. The number of hydrogen-bond donors (Lipinski definition) is 1. The fourth-order valence-electron chi connectivity index (χ4n) is 2.30. The molecule has 0 aliphatic carbocycles. The molecule has 1 aromatic rings. The van der Waals surface area contributed by atoms with E-state index in [0.717, 1.165) is 6.42 Å². The fourth-order valence-corrected chi connectivity index (χ4v) is 2.56. The lowest BCUT2D eigenvalue weighted by molar-refractivity contribution is -0.141. The lowest BCUT2D eigenvalue weighted by Crippen LogP contribution is -2.37. The van der Waals surface area contributed by atoms with Crippen molar-refractivity contribution in [3.63, 3.8) is 0 Å². The van der Waals surface area contributed by atoms with E-state index in [9.17, 15) is 9.59 Å². The van der Waals surface area contributed by atoms with Crippen molar-refractivity contribution in [1.82, 2.24) is 5.32 Å². The average Bonchev–Trinajstić information content (AvgIpc) is 3.01. The highest BCUT2D eigenvalue weighted by Crippen LogP contribution is 2.26. The van der Waals surface area contributed by atoms with Crippen LogP contribution in [0.1, 0.15) is 30.9 Å². The molecule has 0 aromatic heterocycles. The molecular formula is C15H18ClNO4. The summed E-state index contributed by atoms with van der Waals surface area (Å²) in [5, 5.41) is 3.33. The van der Waals surface area contributed by atoms with Gasteiger partial charge in [0.2, 0.25) is 5.91 Å². The third kappa shape index (κ3) is 4.19. The summed E-state index contributed by atoms with van der Waals surface area (Å²) in [6, 6.07) is 6.58. The first kappa shape index (κ1) is 15.8. The van der Waals surface area contributed by atoms with E-state index in [-0.39, 0.29) is 12.3 Å². The number of rotatable bonds is 5. The van der Waals surface area contributed by atoms with Gasteiger partial charge in [0.25, 0.3) is 0 Å². The van der Waals surface area contributed by atoms with Crippen LogP contribution >= 0.6 is 11.6 Å². The lowest BCUT2D eigenvalue weighted by atomic mass is 10.0. The van der Waals surface area contributed by atoms with Gasteiger partial charge in [0.05, 0.1) is 19.6 Å². The Kier molecular flexibility index (Phi) is 5.59. The van der Waals surface area contributed by atoms with Crippen molar-refractivity contribution in [2.45, 2.75) is 31.4 Å². The predicted molar refractivity (Wildman–Crippen MR) is 77.9 cm³/mol. The second-order valence-corrected chi connectivity index (χ2v) is 5.27. The summed E-state index contributed by atoms with van der Waals surface area (Å²) in [7, 11) is 1.31. The molecule has 1 fully saturated rings. The van der Waals surface area contributed by atoms with Crippen molar-refractivity contribution in [2.24, 2.45) is 0 Å². The van der Waals surface area contributed by atoms with Crippen LogP contribution in [0.15, 0.2) is 24.3 Å². The largest absolute Gasteiger partial charge is 0.469 e. The van der Waals surface area contributed by atoms with Crippen molar-refractivity contribution in [2.75, 3.05) is 13.7 Å². The van der Waals surface area contributed by atoms with Gasteiger partial charge >= 0.3 is 5.97 Å². The Labute approximate surface area is 128 Å². The number of nitrogens with one attached hydrogen (secondary N) is 1. The second kappa shape index (κ2) is 7.43. The zero-order valence-electron chi connectivity index (χ0n) is 11.8. The molecule has 1 aromatic carbocycles. The maximum absolute atomic E-state index is 12.2. The van der Waals surface area contributed by atoms with E-state index < -0.39 is 18.1 Å². The van der Waals surface area contributed by atoms with Crippen LogP contribution in [0.2, 0.25) is 5.02 Å². The molecule has 1 heterocycles. The Morgan fingerprint density at radius 2 is 2.24 bits per heavy atom. The van der Waals surface area contributed by atoms with Gasteiger partial charge in [-0.05, 0) is 24.5 Å². The maximum atomic E-state index is 12.2. The van der Waals surface area contributed by atoms with Crippen LogP contribution in [-0.2, 0) is 19.1 Å². The smallest absolute Gasteiger partial charge is 0.307 e. The summed E-state index contributed by atoms with van der Waals surface area (Å²) >= 11 is 6.15.